The van der Waals surface area contributed by atoms with E-state index in [1.165, 1.54) is 19.3 Å². The zero-order chi connectivity index (χ0) is 23.2. The Hall–Kier alpha value is -3.60. The van der Waals surface area contributed by atoms with Crippen LogP contribution in [0.15, 0.2) is 85.2 Å². The quantitative estimate of drug-likeness (QED) is 0.362. The zero-order valence-electron chi connectivity index (χ0n) is 19.4. The molecule has 0 bridgehead atoms. The van der Waals surface area contributed by atoms with Crippen molar-refractivity contribution >= 4 is 11.6 Å². The van der Waals surface area contributed by atoms with Gasteiger partial charge >= 0.3 is 0 Å². The van der Waals surface area contributed by atoms with Gasteiger partial charge in [-0.1, -0.05) is 79.9 Å². The van der Waals surface area contributed by atoms with Gasteiger partial charge in [0.1, 0.15) is 6.61 Å². The minimum Gasteiger partial charge on any atom is -0.485 e. The summed E-state index contributed by atoms with van der Waals surface area (Å²) in [6, 6.07) is 24.6. The van der Waals surface area contributed by atoms with E-state index in [2.05, 4.69) is 21.9 Å². The van der Waals surface area contributed by atoms with Crippen molar-refractivity contribution in [3.63, 3.8) is 0 Å². The molecule has 1 aliphatic carbocycles. The molecule has 4 aromatic rings. The average molecular weight is 454 g/mol. The molecule has 0 spiro atoms. The van der Waals surface area contributed by atoms with Crippen molar-refractivity contribution in [2.75, 3.05) is 0 Å². The maximum atomic E-state index is 13.1. The van der Waals surface area contributed by atoms with E-state index in [4.69, 9.17) is 9.72 Å². The van der Waals surface area contributed by atoms with Gasteiger partial charge in [0.15, 0.2) is 11.4 Å². The van der Waals surface area contributed by atoms with E-state index in [0.29, 0.717) is 19.1 Å². The van der Waals surface area contributed by atoms with Crippen LogP contribution < -0.4 is 10.1 Å². The first kappa shape index (κ1) is 22.2. The van der Waals surface area contributed by atoms with Crippen LogP contribution in [0.4, 0.5) is 0 Å². The molecule has 1 aliphatic rings. The van der Waals surface area contributed by atoms with Crippen molar-refractivity contribution in [1.29, 1.82) is 0 Å². The first-order valence-electron chi connectivity index (χ1n) is 12.2. The lowest BCUT2D eigenvalue weighted by atomic mass is 9.91. The Kier molecular flexibility index (Phi) is 6.89. The molecule has 1 N–H and O–H groups in total. The van der Waals surface area contributed by atoms with Crippen molar-refractivity contribution in [3.8, 4) is 5.75 Å². The van der Waals surface area contributed by atoms with Crippen LogP contribution in [0.5, 0.6) is 5.75 Å². The molecule has 5 nitrogen and oxygen atoms in total. The Bertz CT molecular complexity index is 1210. The molecule has 5 heteroatoms. The molecule has 2 aromatic carbocycles. The molecule has 0 radical (unpaired) electrons. The number of nitrogens with zero attached hydrogens (tertiary/aromatic N) is 2. The van der Waals surface area contributed by atoms with E-state index in [9.17, 15) is 4.79 Å². The summed E-state index contributed by atoms with van der Waals surface area (Å²) in [5, 5.41) is 3.29. The highest BCUT2D eigenvalue weighted by molar-refractivity contribution is 5.78. The number of carbonyl (C=O) groups excluding carboxylic acids is 1. The number of rotatable bonds is 8. The fraction of sp³-hybridized carbons (Fsp3) is 0.310. The number of aromatic nitrogens is 2. The predicted molar refractivity (Wildman–Crippen MR) is 134 cm³/mol. The summed E-state index contributed by atoms with van der Waals surface area (Å²) in [6.07, 6.45) is 10.1. The maximum absolute atomic E-state index is 13.1. The molecule has 5 rings (SSSR count). The number of carbonyl (C=O) groups is 1. The van der Waals surface area contributed by atoms with Gasteiger partial charge in [-0.25, -0.2) is 4.98 Å². The predicted octanol–water partition coefficient (Wildman–Crippen LogP) is 5.88. The lowest BCUT2D eigenvalue weighted by Gasteiger charge is -2.24. The molecule has 2 aromatic heterocycles. The topological polar surface area (TPSA) is 55.6 Å². The largest absolute Gasteiger partial charge is 0.485 e. The highest BCUT2D eigenvalue weighted by Crippen LogP contribution is 2.31. The van der Waals surface area contributed by atoms with Gasteiger partial charge in [0.2, 0.25) is 5.91 Å². The standard InChI is InChI=1S/C29H31N3O2/c33-28(31-24-15-8-3-9-16-24)19-25(23-13-6-2-7-14-23)26-20-30-29-27(17-10-18-32(26)29)34-21-22-11-4-1-5-12-22/h1-2,4-7,10-14,17-18,20,24-25H,3,8-9,15-16,19,21H2,(H,31,33). The number of benzene rings is 2. The zero-order valence-corrected chi connectivity index (χ0v) is 19.4. The van der Waals surface area contributed by atoms with Crippen LogP contribution in [0.3, 0.4) is 0 Å². The molecular formula is C29H31N3O2. The van der Waals surface area contributed by atoms with E-state index in [1.54, 1.807) is 0 Å². The number of amides is 1. The summed E-state index contributed by atoms with van der Waals surface area (Å²) in [5.74, 6) is 0.743. The van der Waals surface area contributed by atoms with Crippen molar-refractivity contribution in [1.82, 2.24) is 14.7 Å². The van der Waals surface area contributed by atoms with Gasteiger partial charge in [-0.15, -0.1) is 0 Å². The van der Waals surface area contributed by atoms with Crippen molar-refractivity contribution in [2.45, 2.75) is 57.1 Å². The third-order valence-electron chi connectivity index (χ3n) is 6.68. The number of hydrogen-bond donors (Lipinski definition) is 1. The summed E-state index contributed by atoms with van der Waals surface area (Å²) in [7, 11) is 0. The van der Waals surface area contributed by atoms with Gasteiger partial charge in [0.25, 0.3) is 0 Å². The summed E-state index contributed by atoms with van der Waals surface area (Å²) in [5.41, 5.74) is 3.98. The van der Waals surface area contributed by atoms with E-state index in [-0.39, 0.29) is 11.8 Å². The minimum atomic E-state index is -0.0934. The highest BCUT2D eigenvalue weighted by Gasteiger charge is 2.24. The van der Waals surface area contributed by atoms with Crippen LogP contribution in [0.25, 0.3) is 5.65 Å². The smallest absolute Gasteiger partial charge is 0.221 e. The molecule has 174 valence electrons. The summed E-state index contributed by atoms with van der Waals surface area (Å²) < 4.78 is 8.18. The van der Waals surface area contributed by atoms with Crippen LogP contribution in [0, 0.1) is 0 Å². The normalized spacial score (nSPS) is 15.2. The summed E-state index contributed by atoms with van der Waals surface area (Å²) in [4.78, 5) is 17.8. The number of ether oxygens (including phenoxy) is 1. The van der Waals surface area contributed by atoms with Crippen molar-refractivity contribution < 1.29 is 9.53 Å². The summed E-state index contributed by atoms with van der Waals surface area (Å²) >= 11 is 0. The third-order valence-corrected chi connectivity index (χ3v) is 6.68. The monoisotopic (exact) mass is 453 g/mol. The van der Waals surface area contributed by atoms with Crippen LogP contribution in [0.1, 0.15) is 61.3 Å². The first-order valence-corrected chi connectivity index (χ1v) is 12.2. The maximum Gasteiger partial charge on any atom is 0.221 e. The van der Waals surface area contributed by atoms with Crippen molar-refractivity contribution in [3.05, 3.63) is 102 Å². The Morgan fingerprint density at radius 3 is 2.47 bits per heavy atom. The van der Waals surface area contributed by atoms with Gasteiger partial charge in [-0.2, -0.15) is 0 Å². The molecule has 1 saturated carbocycles. The van der Waals surface area contributed by atoms with Crippen LogP contribution in [-0.2, 0) is 11.4 Å². The molecule has 0 saturated heterocycles. The molecule has 1 unspecified atom stereocenters. The molecule has 1 atom stereocenters. The van der Waals surface area contributed by atoms with Gasteiger partial charge in [-0.05, 0) is 36.1 Å². The van der Waals surface area contributed by atoms with Crippen LogP contribution >= 0.6 is 0 Å². The number of imidazole rings is 1. The van der Waals surface area contributed by atoms with E-state index >= 15 is 0 Å². The lowest BCUT2D eigenvalue weighted by Crippen LogP contribution is -2.37. The minimum absolute atomic E-state index is 0.0934. The molecular weight excluding hydrogens is 422 g/mol. The fourth-order valence-electron chi connectivity index (χ4n) is 4.91. The van der Waals surface area contributed by atoms with Gasteiger partial charge < -0.3 is 14.5 Å². The average Bonchev–Trinajstić information content (AvgIpc) is 3.32. The van der Waals surface area contributed by atoms with Gasteiger partial charge in [0, 0.05) is 30.8 Å². The second kappa shape index (κ2) is 10.6. The molecule has 34 heavy (non-hydrogen) atoms. The van der Waals surface area contributed by atoms with E-state index in [1.807, 2.05) is 73.1 Å². The second-order valence-corrected chi connectivity index (χ2v) is 9.09. The van der Waals surface area contributed by atoms with Crippen LogP contribution in [-0.4, -0.2) is 21.3 Å². The number of pyridine rings is 1. The summed E-state index contributed by atoms with van der Waals surface area (Å²) in [6.45, 7) is 0.481. The SMILES string of the molecule is O=C(CC(c1ccccc1)c1cnc2c(OCc3ccccc3)cccn12)NC1CCCCC1. The Balaban J connectivity index is 1.41. The van der Waals surface area contributed by atoms with E-state index in [0.717, 1.165) is 41.1 Å². The van der Waals surface area contributed by atoms with Crippen molar-refractivity contribution in [2.24, 2.45) is 0 Å². The first-order chi connectivity index (χ1) is 16.8. The van der Waals surface area contributed by atoms with Gasteiger partial charge in [-0.3, -0.25) is 4.79 Å². The third kappa shape index (κ3) is 5.14. The second-order valence-electron chi connectivity index (χ2n) is 9.09. The van der Waals surface area contributed by atoms with Crippen LogP contribution in [0.2, 0.25) is 0 Å². The Labute approximate surface area is 200 Å². The Morgan fingerprint density at radius 1 is 0.971 bits per heavy atom. The Morgan fingerprint density at radius 2 is 1.71 bits per heavy atom. The fourth-order valence-corrected chi connectivity index (χ4v) is 4.91. The number of nitrogens with one attached hydrogen (secondary N) is 1. The number of hydrogen-bond acceptors (Lipinski definition) is 3. The van der Waals surface area contributed by atoms with Gasteiger partial charge in [0.05, 0.1) is 5.69 Å². The number of fused-ring (bicyclic) bond motifs is 1. The highest BCUT2D eigenvalue weighted by atomic mass is 16.5. The molecule has 1 amide bonds. The molecule has 1 fully saturated rings. The molecule has 2 heterocycles. The lowest BCUT2D eigenvalue weighted by molar-refractivity contribution is -0.122. The van der Waals surface area contributed by atoms with E-state index < -0.39 is 0 Å². The molecule has 0 aliphatic heterocycles.